The number of hydrogen-bond acceptors (Lipinski definition) is 3. The molecule has 0 fully saturated rings. The van der Waals surface area contributed by atoms with Gasteiger partial charge >= 0.3 is 6.85 Å². The van der Waals surface area contributed by atoms with Gasteiger partial charge in [0.1, 0.15) is 0 Å². The fraction of sp³-hybridized carbons (Fsp3) is 0. The lowest BCUT2D eigenvalue weighted by Crippen LogP contribution is -2.53. The SMILES string of the molecule is N=Cc1c(NN)c2cccc3c2n1-c1ccccc1B3n1c2ccccc2c2ccccc21. The molecule has 0 saturated heterocycles. The topological polar surface area (TPSA) is 71.8 Å². The highest BCUT2D eigenvalue weighted by Gasteiger charge is 2.36. The molecule has 0 bridgehead atoms. The Balaban J connectivity index is 1.70. The first-order chi connectivity index (χ1) is 16.3. The van der Waals surface area contributed by atoms with Crippen LogP contribution in [-0.2, 0) is 0 Å². The van der Waals surface area contributed by atoms with E-state index in [2.05, 4.69) is 105 Å². The van der Waals surface area contributed by atoms with Gasteiger partial charge in [0.25, 0.3) is 0 Å². The second-order valence-corrected chi connectivity index (χ2v) is 8.49. The molecule has 0 saturated carbocycles. The molecule has 1 aliphatic rings. The molecule has 6 heteroatoms. The van der Waals surface area contributed by atoms with Crippen LogP contribution >= 0.6 is 0 Å². The first-order valence-electron chi connectivity index (χ1n) is 11.0. The Kier molecular flexibility index (Phi) is 3.66. The van der Waals surface area contributed by atoms with E-state index < -0.39 is 0 Å². The van der Waals surface area contributed by atoms with Crippen LogP contribution in [0.3, 0.4) is 0 Å². The summed E-state index contributed by atoms with van der Waals surface area (Å²) in [5.74, 6) is 5.96. The highest BCUT2D eigenvalue weighted by atomic mass is 15.2. The quantitative estimate of drug-likeness (QED) is 0.173. The van der Waals surface area contributed by atoms with Crippen LogP contribution in [0.1, 0.15) is 5.69 Å². The summed E-state index contributed by atoms with van der Waals surface area (Å²) >= 11 is 0. The van der Waals surface area contributed by atoms with Crippen LogP contribution in [-0.4, -0.2) is 22.1 Å². The summed E-state index contributed by atoms with van der Waals surface area (Å²) in [6.45, 7) is -0.0127. The molecule has 4 N–H and O–H groups in total. The third-order valence-electron chi connectivity index (χ3n) is 6.98. The zero-order valence-corrected chi connectivity index (χ0v) is 17.8. The van der Waals surface area contributed by atoms with Gasteiger partial charge in [0.2, 0.25) is 0 Å². The number of benzene rings is 4. The monoisotopic (exact) mass is 425 g/mol. The van der Waals surface area contributed by atoms with E-state index in [-0.39, 0.29) is 6.85 Å². The van der Waals surface area contributed by atoms with Crippen LogP contribution in [0.25, 0.3) is 38.4 Å². The molecular formula is C27H20BN5. The van der Waals surface area contributed by atoms with Gasteiger partial charge in [-0.2, -0.15) is 0 Å². The molecule has 4 aromatic carbocycles. The number of nitrogens with one attached hydrogen (secondary N) is 2. The number of nitrogen functional groups attached to an aromatic ring is 1. The molecule has 33 heavy (non-hydrogen) atoms. The lowest BCUT2D eigenvalue weighted by molar-refractivity contribution is 1.11. The standard InChI is InChI=1S/C27H20BN5/c29-16-25-26(31-30)19-10-7-12-21-27(19)32(25)24-15-6-3-11-20(24)28(21)33-22-13-4-1-8-17(22)18-9-2-5-14-23(18)33/h1-16,29,31H,30H2. The number of nitrogens with zero attached hydrogens (tertiary/aromatic N) is 2. The summed E-state index contributed by atoms with van der Waals surface area (Å²) in [6.07, 6.45) is 1.39. The number of nitrogens with two attached hydrogens (primary N) is 1. The van der Waals surface area contributed by atoms with Crippen LogP contribution in [0.4, 0.5) is 5.69 Å². The molecular weight excluding hydrogens is 405 g/mol. The van der Waals surface area contributed by atoms with E-state index in [1.165, 1.54) is 38.9 Å². The molecule has 0 radical (unpaired) electrons. The predicted molar refractivity (Wildman–Crippen MR) is 139 cm³/mol. The van der Waals surface area contributed by atoms with Crippen molar-refractivity contribution in [1.82, 2.24) is 9.05 Å². The number of fused-ring (bicyclic) bond motifs is 5. The van der Waals surface area contributed by atoms with Gasteiger partial charge < -0.3 is 19.9 Å². The van der Waals surface area contributed by atoms with Crippen molar-refractivity contribution in [2.45, 2.75) is 0 Å². The zero-order valence-electron chi connectivity index (χ0n) is 17.8. The van der Waals surface area contributed by atoms with E-state index in [4.69, 9.17) is 11.3 Å². The maximum absolute atomic E-state index is 8.16. The van der Waals surface area contributed by atoms with E-state index in [1.54, 1.807) is 0 Å². The van der Waals surface area contributed by atoms with Crippen molar-refractivity contribution in [3.63, 3.8) is 0 Å². The molecule has 0 amide bonds. The van der Waals surface area contributed by atoms with Gasteiger partial charge in [-0.1, -0.05) is 72.8 Å². The van der Waals surface area contributed by atoms with Gasteiger partial charge in [0.15, 0.2) is 0 Å². The van der Waals surface area contributed by atoms with Crippen molar-refractivity contribution < 1.29 is 0 Å². The molecule has 1 aliphatic heterocycles. The van der Waals surface area contributed by atoms with E-state index in [0.717, 1.165) is 28.0 Å². The summed E-state index contributed by atoms with van der Waals surface area (Å²) in [6, 6.07) is 32.1. The van der Waals surface area contributed by atoms with Crippen molar-refractivity contribution in [1.29, 1.82) is 5.41 Å². The van der Waals surface area contributed by atoms with Gasteiger partial charge in [-0.3, -0.25) is 5.84 Å². The minimum atomic E-state index is -0.0127. The minimum absolute atomic E-state index is 0.0127. The van der Waals surface area contributed by atoms with Crippen molar-refractivity contribution in [3.8, 4) is 5.69 Å². The number of anilines is 1. The maximum atomic E-state index is 8.16. The van der Waals surface area contributed by atoms with Crippen molar-refractivity contribution in [2.75, 3.05) is 5.43 Å². The summed E-state index contributed by atoms with van der Waals surface area (Å²) in [4.78, 5) is 0. The summed E-state index contributed by atoms with van der Waals surface area (Å²) in [5.41, 5.74) is 11.4. The summed E-state index contributed by atoms with van der Waals surface area (Å²) in [7, 11) is 0. The molecule has 0 aliphatic carbocycles. The molecule has 2 aromatic heterocycles. The van der Waals surface area contributed by atoms with Crippen LogP contribution in [0.15, 0.2) is 91.0 Å². The molecule has 0 unspecified atom stereocenters. The fourth-order valence-electron chi connectivity index (χ4n) is 5.74. The second kappa shape index (κ2) is 6.61. The van der Waals surface area contributed by atoms with Gasteiger partial charge in [-0.05, 0) is 29.1 Å². The molecule has 3 heterocycles. The number of hydrogen-bond donors (Lipinski definition) is 3. The van der Waals surface area contributed by atoms with Gasteiger partial charge in [-0.15, -0.1) is 0 Å². The van der Waals surface area contributed by atoms with Gasteiger partial charge in [0.05, 0.1) is 16.9 Å². The predicted octanol–water partition coefficient (Wildman–Crippen LogP) is 3.99. The minimum Gasteiger partial charge on any atom is -0.376 e. The number of aromatic nitrogens is 2. The number of hydrazine groups is 1. The lowest BCUT2D eigenvalue weighted by atomic mass is 9.48. The fourth-order valence-corrected chi connectivity index (χ4v) is 5.74. The van der Waals surface area contributed by atoms with Crippen LogP contribution < -0.4 is 22.2 Å². The van der Waals surface area contributed by atoms with Crippen LogP contribution in [0.2, 0.25) is 0 Å². The van der Waals surface area contributed by atoms with Crippen molar-refractivity contribution >= 4 is 62.4 Å². The number of rotatable bonds is 3. The Morgan fingerprint density at radius 2 is 1.33 bits per heavy atom. The third-order valence-corrected chi connectivity index (χ3v) is 6.98. The Labute approximate surface area is 190 Å². The van der Waals surface area contributed by atoms with E-state index in [1.807, 2.05) is 0 Å². The molecule has 7 rings (SSSR count). The Bertz CT molecular complexity index is 1690. The Morgan fingerprint density at radius 3 is 2.03 bits per heavy atom. The average Bonchev–Trinajstić information content (AvgIpc) is 3.38. The lowest BCUT2D eigenvalue weighted by Gasteiger charge is -2.28. The van der Waals surface area contributed by atoms with Gasteiger partial charge in [-0.25, -0.2) is 0 Å². The Hall–Kier alpha value is -4.29. The zero-order chi connectivity index (χ0) is 22.1. The highest BCUT2D eigenvalue weighted by molar-refractivity contribution is 6.88. The molecule has 156 valence electrons. The van der Waals surface area contributed by atoms with Crippen LogP contribution in [0.5, 0.6) is 0 Å². The van der Waals surface area contributed by atoms with E-state index >= 15 is 0 Å². The molecule has 5 nitrogen and oxygen atoms in total. The highest BCUT2D eigenvalue weighted by Crippen LogP contribution is 2.35. The first-order valence-corrected chi connectivity index (χ1v) is 11.0. The van der Waals surface area contributed by atoms with Gasteiger partial charge in [0, 0.05) is 39.1 Å². The summed E-state index contributed by atoms with van der Waals surface area (Å²) < 4.78 is 4.64. The maximum Gasteiger partial charge on any atom is 0.332 e. The third kappa shape index (κ3) is 2.23. The van der Waals surface area contributed by atoms with Crippen molar-refractivity contribution in [2.24, 2.45) is 5.84 Å². The first kappa shape index (κ1) is 18.3. The van der Waals surface area contributed by atoms with Crippen LogP contribution in [0, 0.1) is 5.41 Å². The van der Waals surface area contributed by atoms with Crippen molar-refractivity contribution in [3.05, 3.63) is 96.7 Å². The molecule has 6 aromatic rings. The largest absolute Gasteiger partial charge is 0.376 e. The van der Waals surface area contributed by atoms with E-state index in [0.29, 0.717) is 0 Å². The molecule has 0 atom stereocenters. The molecule has 0 spiro atoms. The summed E-state index contributed by atoms with van der Waals surface area (Å²) in [5, 5.41) is 11.7. The van der Waals surface area contributed by atoms with E-state index in [9.17, 15) is 0 Å². The number of para-hydroxylation sites is 4. The second-order valence-electron chi connectivity index (χ2n) is 8.49. The normalized spacial score (nSPS) is 12.5. The average molecular weight is 425 g/mol. The Morgan fingerprint density at radius 1 is 0.727 bits per heavy atom. The smallest absolute Gasteiger partial charge is 0.332 e.